The van der Waals surface area contributed by atoms with Gasteiger partial charge < -0.3 is 14.4 Å². The maximum Gasteiger partial charge on any atom is 0.261 e. The molecule has 0 spiro atoms. The number of aliphatic hydroxyl groups excluding tert-OH is 1. The Bertz CT molecular complexity index is 493. The maximum atomic E-state index is 8.70. The van der Waals surface area contributed by atoms with Crippen LogP contribution in [0.25, 0.3) is 11.1 Å². The highest BCUT2D eigenvalue weighted by Crippen LogP contribution is 2.28. The van der Waals surface area contributed by atoms with E-state index in [9.17, 15) is 0 Å². The van der Waals surface area contributed by atoms with Crippen molar-refractivity contribution < 1.29 is 14.4 Å². The smallest absolute Gasteiger partial charge is 0.261 e. The molecule has 2 aromatic heterocycles. The predicted molar refractivity (Wildman–Crippen MR) is 58.5 cm³/mol. The number of aliphatic hydroxyl groups is 1. The molecule has 0 bridgehead atoms. The summed E-state index contributed by atoms with van der Waals surface area (Å²) in [5.74, 6) is 0.717. The lowest BCUT2D eigenvalue weighted by Crippen LogP contribution is -2.01. The van der Waals surface area contributed by atoms with Crippen LogP contribution in [0, 0.1) is 13.8 Å². The van der Waals surface area contributed by atoms with Crippen LogP contribution in [0.5, 0.6) is 5.75 Å². The monoisotopic (exact) mass is 222 g/mol. The van der Waals surface area contributed by atoms with Crippen LogP contribution in [0.15, 0.2) is 10.6 Å². The van der Waals surface area contributed by atoms with E-state index in [1.165, 1.54) is 0 Å². The molecule has 86 valence electrons. The maximum absolute atomic E-state index is 8.70. The van der Waals surface area contributed by atoms with E-state index in [-0.39, 0.29) is 6.61 Å². The van der Waals surface area contributed by atoms with E-state index in [4.69, 9.17) is 14.4 Å². The van der Waals surface area contributed by atoms with Crippen molar-refractivity contribution in [3.8, 4) is 5.75 Å². The number of nitrogens with zero attached hydrogens (tertiary/aromatic N) is 2. The fourth-order valence-electron chi connectivity index (χ4n) is 1.53. The highest BCUT2D eigenvalue weighted by Gasteiger charge is 2.12. The molecule has 2 heterocycles. The molecule has 0 unspecified atom stereocenters. The molecule has 2 rings (SSSR count). The largest absolute Gasteiger partial charge is 0.493 e. The van der Waals surface area contributed by atoms with Crippen molar-refractivity contribution in [3.05, 3.63) is 17.5 Å². The highest BCUT2D eigenvalue weighted by atomic mass is 16.5. The average Bonchev–Trinajstić information content (AvgIpc) is 2.60. The number of pyridine rings is 1. The Morgan fingerprint density at radius 3 is 3.00 bits per heavy atom. The third-order valence-corrected chi connectivity index (χ3v) is 2.27. The van der Waals surface area contributed by atoms with Gasteiger partial charge in [-0.1, -0.05) is 5.16 Å². The van der Waals surface area contributed by atoms with Crippen molar-refractivity contribution in [1.82, 2.24) is 10.1 Å². The molecule has 0 radical (unpaired) electrons. The first-order valence-electron chi connectivity index (χ1n) is 5.19. The Morgan fingerprint density at radius 2 is 2.25 bits per heavy atom. The number of hydrogen-bond donors (Lipinski definition) is 1. The van der Waals surface area contributed by atoms with Gasteiger partial charge in [0.15, 0.2) is 0 Å². The van der Waals surface area contributed by atoms with Crippen LogP contribution < -0.4 is 4.74 Å². The normalized spacial score (nSPS) is 10.9. The minimum absolute atomic E-state index is 0.121. The summed E-state index contributed by atoms with van der Waals surface area (Å²) in [6.07, 6.45) is 0.604. The number of hydrogen-bond acceptors (Lipinski definition) is 5. The van der Waals surface area contributed by atoms with Crippen molar-refractivity contribution in [1.29, 1.82) is 0 Å². The quantitative estimate of drug-likeness (QED) is 0.796. The van der Waals surface area contributed by atoms with Gasteiger partial charge in [-0.2, -0.15) is 0 Å². The zero-order valence-electron chi connectivity index (χ0n) is 9.36. The number of aryl methyl sites for hydroxylation is 2. The summed E-state index contributed by atoms with van der Waals surface area (Å²) in [5.41, 5.74) is 2.08. The van der Waals surface area contributed by atoms with Crippen LogP contribution in [0.3, 0.4) is 0 Å². The Kier molecular flexibility index (Phi) is 3.05. The van der Waals surface area contributed by atoms with Gasteiger partial charge in [0.05, 0.1) is 12.3 Å². The molecule has 5 heteroatoms. The zero-order chi connectivity index (χ0) is 11.5. The fraction of sp³-hybridized carbons (Fsp3) is 0.455. The minimum Gasteiger partial charge on any atom is -0.493 e. The van der Waals surface area contributed by atoms with E-state index in [0.29, 0.717) is 18.7 Å². The summed E-state index contributed by atoms with van der Waals surface area (Å²) in [6, 6.07) is 1.85. The second-order valence-corrected chi connectivity index (χ2v) is 3.64. The lowest BCUT2D eigenvalue weighted by atomic mass is 10.2. The predicted octanol–water partition coefficient (Wildman–Crippen LogP) is 1.60. The van der Waals surface area contributed by atoms with Gasteiger partial charge in [-0.05, 0) is 13.8 Å². The van der Waals surface area contributed by atoms with E-state index >= 15 is 0 Å². The van der Waals surface area contributed by atoms with E-state index in [0.717, 1.165) is 22.5 Å². The van der Waals surface area contributed by atoms with Crippen LogP contribution in [-0.2, 0) is 0 Å². The first kappa shape index (κ1) is 10.9. The molecule has 0 saturated carbocycles. The molecule has 16 heavy (non-hydrogen) atoms. The molecule has 5 nitrogen and oxygen atoms in total. The Balaban J connectivity index is 2.37. The van der Waals surface area contributed by atoms with Gasteiger partial charge in [-0.3, -0.25) is 0 Å². The number of fused-ring (bicyclic) bond motifs is 1. The lowest BCUT2D eigenvalue weighted by molar-refractivity contribution is 0.234. The number of rotatable bonds is 4. The molecule has 0 atom stereocenters. The van der Waals surface area contributed by atoms with Crippen LogP contribution in [0.4, 0.5) is 0 Å². The molecular formula is C11H14N2O3. The van der Waals surface area contributed by atoms with Crippen LogP contribution in [0.2, 0.25) is 0 Å². The van der Waals surface area contributed by atoms with Gasteiger partial charge in [0.25, 0.3) is 5.71 Å². The summed E-state index contributed by atoms with van der Waals surface area (Å²) in [6.45, 7) is 4.31. The molecule has 2 aromatic rings. The second kappa shape index (κ2) is 4.49. The zero-order valence-corrected chi connectivity index (χ0v) is 9.36. The van der Waals surface area contributed by atoms with Crippen LogP contribution in [-0.4, -0.2) is 28.5 Å². The van der Waals surface area contributed by atoms with Gasteiger partial charge in [0.2, 0.25) is 0 Å². The third-order valence-electron chi connectivity index (χ3n) is 2.27. The summed E-state index contributed by atoms with van der Waals surface area (Å²) in [7, 11) is 0. The lowest BCUT2D eigenvalue weighted by Gasteiger charge is -2.06. The molecule has 0 amide bonds. The average molecular weight is 222 g/mol. The van der Waals surface area contributed by atoms with Crippen LogP contribution >= 0.6 is 0 Å². The van der Waals surface area contributed by atoms with Gasteiger partial charge in [0, 0.05) is 24.8 Å². The van der Waals surface area contributed by atoms with Gasteiger partial charge in [0.1, 0.15) is 11.1 Å². The van der Waals surface area contributed by atoms with Crippen molar-refractivity contribution in [2.45, 2.75) is 20.3 Å². The second-order valence-electron chi connectivity index (χ2n) is 3.64. The Labute approximate surface area is 93.0 Å². The number of aromatic nitrogens is 2. The van der Waals surface area contributed by atoms with Crippen molar-refractivity contribution in [2.24, 2.45) is 0 Å². The van der Waals surface area contributed by atoms with Crippen molar-refractivity contribution in [2.75, 3.05) is 13.2 Å². The van der Waals surface area contributed by atoms with E-state index in [1.807, 2.05) is 19.9 Å². The standard InChI is InChI=1S/C11H14N2O3/c1-7-6-9(15-5-3-4-14)10-8(2)13-16-11(10)12-7/h6,14H,3-5H2,1-2H3. The van der Waals surface area contributed by atoms with Gasteiger partial charge in [-0.15, -0.1) is 0 Å². The van der Waals surface area contributed by atoms with Gasteiger partial charge >= 0.3 is 0 Å². The highest BCUT2D eigenvalue weighted by molar-refractivity contribution is 5.83. The first-order valence-corrected chi connectivity index (χ1v) is 5.19. The summed E-state index contributed by atoms with van der Waals surface area (Å²) < 4.78 is 10.7. The first-order chi connectivity index (χ1) is 7.72. The van der Waals surface area contributed by atoms with Gasteiger partial charge in [-0.25, -0.2) is 4.98 Å². The number of ether oxygens (including phenoxy) is 1. The molecule has 0 fully saturated rings. The van der Waals surface area contributed by atoms with Crippen LogP contribution in [0.1, 0.15) is 17.8 Å². The van der Waals surface area contributed by atoms with E-state index < -0.39 is 0 Å². The van der Waals surface area contributed by atoms with E-state index in [2.05, 4.69) is 10.1 Å². The fourth-order valence-corrected chi connectivity index (χ4v) is 1.53. The van der Waals surface area contributed by atoms with Crippen molar-refractivity contribution >= 4 is 11.1 Å². The molecule has 0 aliphatic heterocycles. The molecular weight excluding hydrogens is 208 g/mol. The topological polar surface area (TPSA) is 68.4 Å². The summed E-state index contributed by atoms with van der Waals surface area (Å²) in [4.78, 5) is 4.23. The molecule has 0 aromatic carbocycles. The molecule has 1 N–H and O–H groups in total. The summed E-state index contributed by atoms with van der Waals surface area (Å²) >= 11 is 0. The summed E-state index contributed by atoms with van der Waals surface area (Å²) in [5, 5.41) is 13.4. The molecule has 0 saturated heterocycles. The van der Waals surface area contributed by atoms with E-state index in [1.54, 1.807) is 0 Å². The van der Waals surface area contributed by atoms with Crippen molar-refractivity contribution in [3.63, 3.8) is 0 Å². The molecule has 0 aliphatic rings. The minimum atomic E-state index is 0.121. The third kappa shape index (κ3) is 1.99. The Morgan fingerprint density at radius 1 is 1.44 bits per heavy atom. The Hall–Kier alpha value is -1.62. The molecule has 0 aliphatic carbocycles. The SMILES string of the molecule is Cc1cc(OCCCO)c2c(C)noc2n1.